The molecule has 0 bridgehead atoms. The van der Waals surface area contributed by atoms with Crippen molar-refractivity contribution in [1.82, 2.24) is 4.57 Å². The molecule has 11 rings (SSSR count). The van der Waals surface area contributed by atoms with Crippen LogP contribution >= 0.6 is 22.7 Å². The molecular weight excluding hydrogens is 655 g/mol. The summed E-state index contributed by atoms with van der Waals surface area (Å²) in [6.07, 6.45) is 0. The Labute approximate surface area is 302 Å². The molecule has 0 aliphatic rings. The van der Waals surface area contributed by atoms with E-state index in [1.165, 1.54) is 95.5 Å². The SMILES string of the molecule is c1ccc(-c2cccc(-n3c4c(-c5ccc6c(c5)sc5ccccc56)cccc4c4cccc(-c5ccc6c(c5)sc5ccccc56)c43)c2)cc1. The first kappa shape index (κ1) is 28.8. The third-order valence-corrected chi connectivity index (χ3v) is 12.7. The fourth-order valence-electron chi connectivity index (χ4n) is 8.08. The van der Waals surface area contributed by atoms with E-state index in [4.69, 9.17) is 0 Å². The lowest BCUT2D eigenvalue weighted by atomic mass is 9.99. The Morgan fingerprint density at radius 2 is 0.765 bits per heavy atom. The van der Waals surface area contributed by atoms with Crippen LogP contribution in [0.1, 0.15) is 0 Å². The first-order valence-electron chi connectivity index (χ1n) is 17.3. The van der Waals surface area contributed by atoms with Crippen LogP contribution in [0.5, 0.6) is 0 Å². The van der Waals surface area contributed by atoms with Crippen molar-refractivity contribution in [3.05, 3.63) is 176 Å². The Hall–Kier alpha value is -6.00. The standard InChI is InChI=1S/C48H29NS2/c1-2-11-30(12-3-1)31-13-8-14-34(27-31)49-47-35(32-23-25-39-37-15-4-6-21-43(37)50-45(39)28-32)17-9-19-41(47)42-20-10-18-36(48(42)49)33-24-26-40-38-16-5-7-22-44(38)51-46(40)29-33/h1-29H. The number of rotatable bonds is 4. The highest BCUT2D eigenvalue weighted by Gasteiger charge is 2.21. The third kappa shape index (κ3) is 4.45. The molecule has 8 aromatic carbocycles. The lowest BCUT2D eigenvalue weighted by molar-refractivity contribution is 1.18. The Morgan fingerprint density at radius 3 is 1.35 bits per heavy atom. The summed E-state index contributed by atoms with van der Waals surface area (Å²) in [5, 5.41) is 7.81. The van der Waals surface area contributed by atoms with Crippen LogP contribution in [0.3, 0.4) is 0 Å². The van der Waals surface area contributed by atoms with Gasteiger partial charge in [0.05, 0.1) is 11.0 Å². The van der Waals surface area contributed by atoms with Gasteiger partial charge in [0.1, 0.15) is 0 Å². The summed E-state index contributed by atoms with van der Waals surface area (Å²) in [5.41, 5.74) is 11.0. The van der Waals surface area contributed by atoms with E-state index in [-0.39, 0.29) is 0 Å². The van der Waals surface area contributed by atoms with Gasteiger partial charge in [0.25, 0.3) is 0 Å². The molecule has 0 unspecified atom stereocenters. The van der Waals surface area contributed by atoms with E-state index in [0.717, 1.165) is 5.69 Å². The zero-order chi connectivity index (χ0) is 33.5. The molecule has 0 radical (unpaired) electrons. The van der Waals surface area contributed by atoms with Crippen LogP contribution < -0.4 is 0 Å². The van der Waals surface area contributed by atoms with Crippen molar-refractivity contribution in [2.24, 2.45) is 0 Å². The monoisotopic (exact) mass is 683 g/mol. The third-order valence-electron chi connectivity index (χ3n) is 10.4. The zero-order valence-electron chi connectivity index (χ0n) is 27.5. The second kappa shape index (κ2) is 11.3. The average molecular weight is 684 g/mol. The number of benzene rings is 8. The first-order valence-corrected chi connectivity index (χ1v) is 19.0. The van der Waals surface area contributed by atoms with Gasteiger partial charge in [-0.15, -0.1) is 22.7 Å². The molecule has 0 aliphatic heterocycles. The number of nitrogens with zero attached hydrogens (tertiary/aromatic N) is 1. The predicted molar refractivity (Wildman–Crippen MR) is 223 cm³/mol. The first-order chi connectivity index (χ1) is 25.3. The Balaban J connectivity index is 1.22. The van der Waals surface area contributed by atoms with Crippen LogP contribution in [0, 0.1) is 0 Å². The molecule has 3 aromatic heterocycles. The molecule has 11 aromatic rings. The molecule has 3 heterocycles. The fraction of sp³-hybridized carbons (Fsp3) is 0. The van der Waals surface area contributed by atoms with Gasteiger partial charge in [0, 0.05) is 67.9 Å². The van der Waals surface area contributed by atoms with Gasteiger partial charge in [-0.05, 0) is 58.7 Å². The van der Waals surface area contributed by atoms with E-state index in [1.54, 1.807) is 0 Å². The molecule has 238 valence electrons. The summed E-state index contributed by atoms with van der Waals surface area (Å²) in [6.45, 7) is 0. The minimum atomic E-state index is 1.15. The Kier molecular flexibility index (Phi) is 6.36. The Bertz CT molecular complexity index is 2970. The second-order valence-corrected chi connectivity index (χ2v) is 15.4. The number of hydrogen-bond acceptors (Lipinski definition) is 2. The number of fused-ring (bicyclic) bond motifs is 9. The molecule has 0 N–H and O–H groups in total. The van der Waals surface area contributed by atoms with Crippen molar-refractivity contribution < 1.29 is 0 Å². The molecule has 0 atom stereocenters. The molecule has 0 saturated carbocycles. The van der Waals surface area contributed by atoms with Gasteiger partial charge < -0.3 is 4.57 Å². The highest BCUT2D eigenvalue weighted by molar-refractivity contribution is 7.26. The van der Waals surface area contributed by atoms with Crippen LogP contribution in [0.15, 0.2) is 176 Å². The van der Waals surface area contributed by atoms with Crippen LogP contribution in [-0.4, -0.2) is 4.57 Å². The molecule has 1 nitrogen and oxygen atoms in total. The maximum Gasteiger partial charge on any atom is 0.0619 e. The van der Waals surface area contributed by atoms with E-state index in [2.05, 4.69) is 180 Å². The van der Waals surface area contributed by atoms with Gasteiger partial charge in [-0.25, -0.2) is 0 Å². The minimum absolute atomic E-state index is 1.15. The molecular formula is C48H29NS2. The summed E-state index contributed by atoms with van der Waals surface area (Å²) in [5.74, 6) is 0. The largest absolute Gasteiger partial charge is 0.308 e. The minimum Gasteiger partial charge on any atom is -0.308 e. The van der Waals surface area contributed by atoms with E-state index in [1.807, 2.05) is 22.7 Å². The molecule has 0 aliphatic carbocycles. The molecule has 0 saturated heterocycles. The van der Waals surface area contributed by atoms with E-state index in [9.17, 15) is 0 Å². The predicted octanol–water partition coefficient (Wildman–Crippen LogP) is 14.5. The molecule has 0 fully saturated rings. The van der Waals surface area contributed by atoms with Crippen LogP contribution in [-0.2, 0) is 0 Å². The normalized spacial score (nSPS) is 11.9. The van der Waals surface area contributed by atoms with E-state index < -0.39 is 0 Å². The van der Waals surface area contributed by atoms with Gasteiger partial charge in [-0.1, -0.05) is 140 Å². The molecule has 0 spiro atoms. The summed E-state index contributed by atoms with van der Waals surface area (Å²) in [7, 11) is 0. The maximum absolute atomic E-state index is 2.53. The zero-order valence-corrected chi connectivity index (χ0v) is 29.1. The molecule has 0 amide bonds. The second-order valence-electron chi connectivity index (χ2n) is 13.3. The highest BCUT2D eigenvalue weighted by atomic mass is 32.1. The van der Waals surface area contributed by atoms with Gasteiger partial charge >= 0.3 is 0 Å². The van der Waals surface area contributed by atoms with Crippen LogP contribution in [0.2, 0.25) is 0 Å². The lowest BCUT2D eigenvalue weighted by Gasteiger charge is -2.15. The van der Waals surface area contributed by atoms with Crippen molar-refractivity contribution in [1.29, 1.82) is 0 Å². The number of aromatic nitrogens is 1. The van der Waals surface area contributed by atoms with E-state index >= 15 is 0 Å². The van der Waals surface area contributed by atoms with Crippen LogP contribution in [0.4, 0.5) is 0 Å². The molecule has 51 heavy (non-hydrogen) atoms. The maximum atomic E-state index is 2.53. The summed E-state index contributed by atoms with van der Waals surface area (Å²) in [4.78, 5) is 0. The molecule has 3 heteroatoms. The van der Waals surface area contributed by atoms with Crippen molar-refractivity contribution in [2.75, 3.05) is 0 Å². The summed E-state index contributed by atoms with van der Waals surface area (Å²) in [6, 6.07) is 65.0. The van der Waals surface area contributed by atoms with Crippen molar-refractivity contribution >= 4 is 84.8 Å². The van der Waals surface area contributed by atoms with Gasteiger partial charge in [0.2, 0.25) is 0 Å². The fourth-order valence-corrected chi connectivity index (χ4v) is 10.4. The topological polar surface area (TPSA) is 4.93 Å². The average Bonchev–Trinajstić information content (AvgIpc) is 3.87. The van der Waals surface area contributed by atoms with Crippen LogP contribution in [0.25, 0.3) is 101 Å². The highest BCUT2D eigenvalue weighted by Crippen LogP contribution is 2.45. The lowest BCUT2D eigenvalue weighted by Crippen LogP contribution is -1.97. The van der Waals surface area contributed by atoms with Crippen molar-refractivity contribution in [3.8, 4) is 39.1 Å². The van der Waals surface area contributed by atoms with E-state index in [0.29, 0.717) is 0 Å². The van der Waals surface area contributed by atoms with Gasteiger partial charge in [0.15, 0.2) is 0 Å². The summed E-state index contributed by atoms with van der Waals surface area (Å²) >= 11 is 3.75. The Morgan fingerprint density at radius 1 is 0.294 bits per heavy atom. The van der Waals surface area contributed by atoms with Crippen molar-refractivity contribution in [3.63, 3.8) is 0 Å². The number of thiophene rings is 2. The van der Waals surface area contributed by atoms with Gasteiger partial charge in [-0.3, -0.25) is 0 Å². The summed E-state index contributed by atoms with van der Waals surface area (Å²) < 4.78 is 7.82. The quantitative estimate of drug-likeness (QED) is 0.174. The van der Waals surface area contributed by atoms with Crippen molar-refractivity contribution in [2.45, 2.75) is 0 Å². The van der Waals surface area contributed by atoms with Gasteiger partial charge in [-0.2, -0.15) is 0 Å². The smallest absolute Gasteiger partial charge is 0.0619 e. The number of para-hydroxylation sites is 2. The number of hydrogen-bond donors (Lipinski definition) is 0.